The first-order valence-corrected chi connectivity index (χ1v) is 25.5. The summed E-state index contributed by atoms with van der Waals surface area (Å²) in [5, 5.41) is 13.2. The number of unbranched alkanes of at least 4 members (excludes halogenated alkanes) is 22. The maximum absolute atomic E-state index is 12.0. The van der Waals surface area contributed by atoms with Crippen LogP contribution in [0.5, 0.6) is 0 Å². The molecule has 64 heavy (non-hydrogen) atoms. The highest BCUT2D eigenvalue weighted by Gasteiger charge is 2.22. The molecule has 0 aromatic heterocycles. The molecule has 367 valence electrons. The number of benzene rings is 1. The standard InChI is InChI=1S/C23H43NO3.C15H30BO2.C14H19NO3S/c1-6-7-8-9-10-11-12-13-14-15-16-17-18-19-21(25)20(2)24-22(26)27-23(3,4)5;1-2-3-4-5-6-7-8-9-10-11-12-13-14-15-18-16-17;1-10(15-13(17)18-14(2,3)4)12(16)19-11-8-6-5-7-9-11/h18-20H,6-17H2,1-5H3,(H,24,26);14-15,17H,2-13H2,1H3;5-10H,1-4H3,(H,15,17)/b19-18+;15-14+;. The molecule has 0 fully saturated rings. The van der Waals surface area contributed by atoms with Crippen molar-refractivity contribution < 1.29 is 38.3 Å². The van der Waals surface area contributed by atoms with Gasteiger partial charge >= 0.3 is 19.9 Å². The van der Waals surface area contributed by atoms with Crippen LogP contribution in [-0.4, -0.2) is 59.1 Å². The summed E-state index contributed by atoms with van der Waals surface area (Å²) in [6, 6.07) is 8.15. The second kappa shape index (κ2) is 42.4. The second-order valence-corrected chi connectivity index (χ2v) is 19.6. The minimum Gasteiger partial charge on any atom is -0.544 e. The number of nitrogens with one attached hydrogen (secondary N) is 2. The largest absolute Gasteiger partial charge is 0.568 e. The SMILES string of the molecule is CC(NC(=O)OC(C)(C)C)C(=O)Sc1ccccc1.CCCCCCCCCCCCC/C=C/C(=O)C(C)NC(=O)OC(C)(C)C.CCCCCCCCCCCCC/C=C/O[B]O. The van der Waals surface area contributed by atoms with Gasteiger partial charge in [-0.25, -0.2) is 9.59 Å². The molecular weight excluding hydrogens is 823 g/mol. The number of ketones is 1. The van der Waals surface area contributed by atoms with E-state index in [-0.39, 0.29) is 10.9 Å². The van der Waals surface area contributed by atoms with Crippen LogP contribution >= 0.6 is 11.8 Å². The van der Waals surface area contributed by atoms with Crippen molar-refractivity contribution in [3.63, 3.8) is 0 Å². The fourth-order valence-electron chi connectivity index (χ4n) is 6.15. The van der Waals surface area contributed by atoms with Gasteiger partial charge in [-0.15, -0.1) is 0 Å². The number of thioether (sulfide) groups is 1. The molecule has 10 nitrogen and oxygen atoms in total. The zero-order chi connectivity index (χ0) is 48.3. The summed E-state index contributed by atoms with van der Waals surface area (Å²) in [5.41, 5.74) is -1.13. The highest BCUT2D eigenvalue weighted by Crippen LogP contribution is 2.20. The smallest absolute Gasteiger partial charge is 0.544 e. The van der Waals surface area contributed by atoms with Gasteiger partial charge in [0.1, 0.15) is 11.2 Å². The molecule has 0 aliphatic carbocycles. The van der Waals surface area contributed by atoms with Crippen molar-refractivity contribution in [1.82, 2.24) is 10.6 Å². The lowest BCUT2D eigenvalue weighted by Crippen LogP contribution is -2.41. The molecule has 0 aliphatic rings. The Hall–Kier alpha value is -3.25. The molecule has 2 atom stereocenters. The Morgan fingerprint density at radius 1 is 0.594 bits per heavy atom. The highest BCUT2D eigenvalue weighted by molar-refractivity contribution is 8.13. The first kappa shape index (κ1) is 62.8. The van der Waals surface area contributed by atoms with Gasteiger partial charge in [-0.05, 0) is 111 Å². The molecule has 0 bridgehead atoms. The van der Waals surface area contributed by atoms with Crippen molar-refractivity contribution >= 4 is 42.5 Å². The van der Waals surface area contributed by atoms with Gasteiger partial charge in [0.2, 0.25) is 5.12 Å². The summed E-state index contributed by atoms with van der Waals surface area (Å²) < 4.78 is 14.8. The van der Waals surface area contributed by atoms with E-state index in [0.29, 0.717) is 7.69 Å². The van der Waals surface area contributed by atoms with E-state index in [4.69, 9.17) is 14.5 Å². The second-order valence-electron chi connectivity index (χ2n) is 18.5. The van der Waals surface area contributed by atoms with Crippen LogP contribution in [0, 0.1) is 0 Å². The Kier molecular flexibility index (Phi) is 41.6. The molecule has 0 saturated carbocycles. The van der Waals surface area contributed by atoms with Gasteiger partial charge in [-0.1, -0.05) is 173 Å². The Bertz CT molecular complexity index is 1350. The summed E-state index contributed by atoms with van der Waals surface area (Å²) >= 11 is 1.10. The van der Waals surface area contributed by atoms with Crippen LogP contribution in [0.1, 0.15) is 223 Å². The van der Waals surface area contributed by atoms with Crippen molar-refractivity contribution in [1.29, 1.82) is 0 Å². The average molecular weight is 916 g/mol. The van der Waals surface area contributed by atoms with Crippen molar-refractivity contribution in [3.05, 3.63) is 54.8 Å². The average Bonchev–Trinajstić information content (AvgIpc) is 3.22. The number of hydrogen-bond acceptors (Lipinski definition) is 9. The van der Waals surface area contributed by atoms with Crippen LogP contribution in [0.4, 0.5) is 9.59 Å². The maximum Gasteiger partial charge on any atom is 0.568 e. The van der Waals surface area contributed by atoms with E-state index in [0.717, 1.165) is 35.9 Å². The van der Waals surface area contributed by atoms with Crippen LogP contribution in [0.2, 0.25) is 0 Å². The van der Waals surface area contributed by atoms with E-state index in [9.17, 15) is 19.2 Å². The van der Waals surface area contributed by atoms with Crippen LogP contribution < -0.4 is 10.6 Å². The molecule has 12 heteroatoms. The number of carbonyl (C=O) groups excluding carboxylic acids is 4. The van der Waals surface area contributed by atoms with E-state index >= 15 is 0 Å². The van der Waals surface area contributed by atoms with Gasteiger partial charge in [0, 0.05) is 4.90 Å². The predicted molar refractivity (Wildman–Crippen MR) is 269 cm³/mol. The number of hydrogen-bond donors (Lipinski definition) is 3. The molecule has 1 radical (unpaired) electrons. The van der Waals surface area contributed by atoms with E-state index in [1.165, 1.54) is 141 Å². The molecule has 1 rings (SSSR count). The van der Waals surface area contributed by atoms with E-state index < -0.39 is 35.5 Å². The minimum atomic E-state index is -0.597. The highest BCUT2D eigenvalue weighted by atomic mass is 32.2. The number of carbonyl (C=O) groups is 4. The van der Waals surface area contributed by atoms with E-state index in [2.05, 4.69) is 29.1 Å². The third kappa shape index (κ3) is 46.7. The number of allylic oxidation sites excluding steroid dienone is 2. The summed E-state index contributed by atoms with van der Waals surface area (Å²) in [5.74, 6) is -0.0936. The van der Waals surface area contributed by atoms with Crippen molar-refractivity contribution in [2.45, 2.75) is 252 Å². The van der Waals surface area contributed by atoms with Crippen LogP contribution in [-0.2, 0) is 23.7 Å². The molecular formula is C52H92BN2O8S. The lowest BCUT2D eigenvalue weighted by molar-refractivity contribution is -0.116. The quantitative estimate of drug-likeness (QED) is 0.0212. The van der Waals surface area contributed by atoms with E-state index in [1.54, 1.807) is 61.5 Å². The molecule has 1 aromatic rings. The monoisotopic (exact) mass is 916 g/mol. The Labute approximate surface area is 396 Å². The first-order chi connectivity index (χ1) is 30.4. The normalized spacial score (nSPS) is 12.3. The predicted octanol–water partition coefficient (Wildman–Crippen LogP) is 14.7. The topological polar surface area (TPSA) is 140 Å². The Balaban J connectivity index is 0. The first-order valence-electron chi connectivity index (χ1n) is 24.7. The van der Waals surface area contributed by atoms with Crippen molar-refractivity contribution in [3.8, 4) is 0 Å². The number of amides is 2. The maximum atomic E-state index is 12.0. The zero-order valence-corrected chi connectivity index (χ0v) is 42.9. The van der Waals surface area contributed by atoms with Gasteiger partial charge < -0.3 is 29.8 Å². The van der Waals surface area contributed by atoms with Crippen LogP contribution in [0.15, 0.2) is 59.7 Å². The van der Waals surface area contributed by atoms with Crippen LogP contribution in [0.25, 0.3) is 0 Å². The van der Waals surface area contributed by atoms with Gasteiger partial charge in [0.15, 0.2) is 5.78 Å². The van der Waals surface area contributed by atoms with Crippen molar-refractivity contribution in [2.75, 3.05) is 0 Å². The molecule has 0 heterocycles. The number of rotatable bonds is 32. The van der Waals surface area contributed by atoms with Gasteiger partial charge in [-0.3, -0.25) is 9.59 Å². The fourth-order valence-corrected chi connectivity index (χ4v) is 6.91. The number of alkyl carbamates (subject to hydrolysis) is 2. The lowest BCUT2D eigenvalue weighted by Gasteiger charge is -2.21. The fraction of sp³-hybridized carbons (Fsp3) is 0.731. The molecule has 2 amide bonds. The van der Waals surface area contributed by atoms with E-state index in [1.807, 2.05) is 42.5 Å². The summed E-state index contributed by atoms with van der Waals surface area (Å²) in [4.78, 5) is 47.9. The summed E-state index contributed by atoms with van der Waals surface area (Å²) in [6.45, 7) is 18.6. The molecule has 0 saturated heterocycles. The molecule has 2 unspecified atom stereocenters. The number of ether oxygens (including phenoxy) is 2. The van der Waals surface area contributed by atoms with Gasteiger partial charge in [0.25, 0.3) is 0 Å². The molecule has 3 N–H and O–H groups in total. The Morgan fingerprint density at radius 3 is 1.36 bits per heavy atom. The van der Waals surface area contributed by atoms with Crippen molar-refractivity contribution in [2.24, 2.45) is 0 Å². The van der Waals surface area contributed by atoms with Crippen LogP contribution in [0.3, 0.4) is 0 Å². The molecule has 0 aliphatic heterocycles. The minimum absolute atomic E-state index is 0.0936. The summed E-state index contributed by atoms with van der Waals surface area (Å²) in [7, 11) is 0.705. The third-order valence-corrected chi connectivity index (χ3v) is 10.7. The molecule has 0 spiro atoms. The zero-order valence-electron chi connectivity index (χ0n) is 42.1. The van der Waals surface area contributed by atoms with Gasteiger partial charge in [0.05, 0.1) is 18.3 Å². The Morgan fingerprint density at radius 2 is 0.969 bits per heavy atom. The summed E-state index contributed by atoms with van der Waals surface area (Å²) in [6.07, 6.45) is 37.5. The molecule has 1 aromatic carbocycles. The lowest BCUT2D eigenvalue weighted by atomic mass is 10.1. The van der Waals surface area contributed by atoms with Gasteiger partial charge in [-0.2, -0.15) is 0 Å². The third-order valence-electron chi connectivity index (χ3n) is 9.67.